The number of carbonyl (C=O) groups is 1. The van der Waals surface area contributed by atoms with Gasteiger partial charge in [0.25, 0.3) is 0 Å². The molecule has 28 heavy (non-hydrogen) atoms. The molecule has 0 radical (unpaired) electrons. The Morgan fingerprint density at radius 2 is 1.79 bits per heavy atom. The monoisotopic (exact) mass is 376 g/mol. The third kappa shape index (κ3) is 3.53. The molecule has 140 valence electrons. The molecule has 2 aromatic carbocycles. The minimum absolute atomic E-state index is 0.0806. The van der Waals surface area contributed by atoms with Crippen molar-refractivity contribution in [2.45, 2.75) is 13.3 Å². The molecule has 0 fully saturated rings. The van der Waals surface area contributed by atoms with Crippen LogP contribution >= 0.6 is 0 Å². The molecule has 0 saturated carbocycles. The van der Waals surface area contributed by atoms with Crippen LogP contribution in [0.25, 0.3) is 11.0 Å². The maximum atomic E-state index is 12.7. The number of ether oxygens (including phenoxy) is 2. The van der Waals surface area contributed by atoms with Gasteiger partial charge in [0.15, 0.2) is 0 Å². The average molecular weight is 376 g/mol. The third-order valence-electron chi connectivity index (χ3n) is 4.21. The zero-order chi connectivity index (χ0) is 19.5. The lowest BCUT2D eigenvalue weighted by Crippen LogP contribution is -2.08. The van der Waals surface area contributed by atoms with E-state index >= 15 is 0 Å². The summed E-state index contributed by atoms with van der Waals surface area (Å²) in [6.45, 7) is 2.06. The molecule has 0 aliphatic rings. The Morgan fingerprint density at radius 3 is 2.50 bits per heavy atom. The second-order valence-electron chi connectivity index (χ2n) is 6.05. The molecular formula is C22H16O6. The van der Waals surface area contributed by atoms with Crippen molar-refractivity contribution in [2.75, 3.05) is 0 Å². The quantitative estimate of drug-likeness (QED) is 0.362. The van der Waals surface area contributed by atoms with Crippen molar-refractivity contribution < 1.29 is 23.1 Å². The standard InChI is InChI=1S/C22H16O6/c1-2-14-5-7-15(8-6-14)27-20-13-26-19-12-16(9-10-17(19)21(20)23)28-22(24)18-4-3-11-25-18/h3-13H,2H2,1H3. The van der Waals surface area contributed by atoms with E-state index in [0.29, 0.717) is 11.1 Å². The van der Waals surface area contributed by atoms with Crippen LogP contribution in [0, 0.1) is 0 Å². The number of carbonyl (C=O) groups excluding carboxylic acids is 1. The average Bonchev–Trinajstić information content (AvgIpc) is 3.26. The Labute approximate surface area is 159 Å². The van der Waals surface area contributed by atoms with Gasteiger partial charge < -0.3 is 18.3 Å². The van der Waals surface area contributed by atoms with Crippen molar-refractivity contribution in [3.8, 4) is 17.2 Å². The summed E-state index contributed by atoms with van der Waals surface area (Å²) in [6.07, 6.45) is 3.55. The Morgan fingerprint density at radius 1 is 1.00 bits per heavy atom. The van der Waals surface area contributed by atoms with Gasteiger partial charge in [0, 0.05) is 6.07 Å². The first-order chi connectivity index (χ1) is 13.6. The summed E-state index contributed by atoms with van der Waals surface area (Å²) in [7, 11) is 0. The predicted molar refractivity (Wildman–Crippen MR) is 102 cm³/mol. The summed E-state index contributed by atoms with van der Waals surface area (Å²) in [5.74, 6) is 0.312. The number of aryl methyl sites for hydroxylation is 1. The zero-order valence-corrected chi connectivity index (χ0v) is 15.0. The fourth-order valence-corrected chi connectivity index (χ4v) is 2.70. The van der Waals surface area contributed by atoms with Gasteiger partial charge in [-0.05, 0) is 48.4 Å². The normalized spacial score (nSPS) is 10.8. The molecule has 0 aliphatic heterocycles. The second-order valence-corrected chi connectivity index (χ2v) is 6.05. The van der Waals surface area contributed by atoms with E-state index in [4.69, 9.17) is 18.3 Å². The molecule has 2 heterocycles. The van der Waals surface area contributed by atoms with E-state index in [-0.39, 0.29) is 28.3 Å². The van der Waals surface area contributed by atoms with Crippen LogP contribution in [0.5, 0.6) is 17.2 Å². The molecule has 0 N–H and O–H groups in total. The molecule has 4 aromatic rings. The van der Waals surface area contributed by atoms with Crippen molar-refractivity contribution in [1.29, 1.82) is 0 Å². The van der Waals surface area contributed by atoms with Crippen LogP contribution < -0.4 is 14.9 Å². The van der Waals surface area contributed by atoms with Gasteiger partial charge in [-0.3, -0.25) is 4.79 Å². The highest BCUT2D eigenvalue weighted by Gasteiger charge is 2.14. The molecule has 4 rings (SSSR count). The van der Waals surface area contributed by atoms with Gasteiger partial charge in [-0.2, -0.15) is 0 Å². The van der Waals surface area contributed by atoms with Gasteiger partial charge in [0.1, 0.15) is 23.3 Å². The van der Waals surface area contributed by atoms with E-state index in [1.807, 2.05) is 12.1 Å². The summed E-state index contributed by atoms with van der Waals surface area (Å²) in [4.78, 5) is 24.6. The van der Waals surface area contributed by atoms with Crippen LogP contribution in [-0.4, -0.2) is 5.97 Å². The number of fused-ring (bicyclic) bond motifs is 1. The molecule has 0 atom stereocenters. The number of hydrogen-bond donors (Lipinski definition) is 0. The van der Waals surface area contributed by atoms with E-state index in [1.54, 1.807) is 18.2 Å². The van der Waals surface area contributed by atoms with Crippen molar-refractivity contribution in [3.05, 3.63) is 88.7 Å². The molecular weight excluding hydrogens is 360 g/mol. The SMILES string of the molecule is CCc1ccc(Oc2coc3cc(OC(=O)c4ccco4)ccc3c2=O)cc1. The summed E-state index contributed by atoms with van der Waals surface area (Å²) in [6, 6.07) is 15.1. The van der Waals surface area contributed by atoms with Crippen LogP contribution in [-0.2, 0) is 6.42 Å². The molecule has 0 saturated heterocycles. The topological polar surface area (TPSA) is 78.9 Å². The Hall–Kier alpha value is -3.80. The van der Waals surface area contributed by atoms with Crippen molar-refractivity contribution >= 4 is 16.9 Å². The maximum Gasteiger partial charge on any atom is 0.379 e. The Balaban J connectivity index is 1.59. The van der Waals surface area contributed by atoms with Gasteiger partial charge in [-0.15, -0.1) is 0 Å². The first-order valence-electron chi connectivity index (χ1n) is 8.72. The first kappa shape index (κ1) is 17.6. The minimum atomic E-state index is -0.637. The van der Waals surface area contributed by atoms with Gasteiger partial charge in [-0.1, -0.05) is 19.1 Å². The van der Waals surface area contributed by atoms with E-state index in [9.17, 15) is 9.59 Å². The lowest BCUT2D eigenvalue weighted by Gasteiger charge is -2.07. The highest BCUT2D eigenvalue weighted by Crippen LogP contribution is 2.25. The van der Waals surface area contributed by atoms with E-state index < -0.39 is 5.97 Å². The van der Waals surface area contributed by atoms with E-state index in [0.717, 1.165) is 6.42 Å². The highest BCUT2D eigenvalue weighted by atomic mass is 16.5. The van der Waals surface area contributed by atoms with Crippen molar-refractivity contribution in [2.24, 2.45) is 0 Å². The minimum Gasteiger partial charge on any atom is -0.460 e. The molecule has 2 aromatic heterocycles. The maximum absolute atomic E-state index is 12.7. The van der Waals surface area contributed by atoms with Crippen LogP contribution in [0.3, 0.4) is 0 Å². The molecule has 0 aliphatic carbocycles. The lowest BCUT2D eigenvalue weighted by molar-refractivity contribution is 0.0701. The fraction of sp³-hybridized carbons (Fsp3) is 0.0909. The van der Waals surface area contributed by atoms with Crippen LogP contribution in [0.15, 0.2) is 80.8 Å². The number of furan rings is 1. The number of esters is 1. The van der Waals surface area contributed by atoms with E-state index in [1.165, 1.54) is 42.4 Å². The number of rotatable bonds is 5. The molecule has 6 nitrogen and oxygen atoms in total. The fourth-order valence-electron chi connectivity index (χ4n) is 2.70. The largest absolute Gasteiger partial charge is 0.460 e. The Kier molecular flexibility index (Phi) is 4.68. The summed E-state index contributed by atoms with van der Waals surface area (Å²) >= 11 is 0. The molecule has 0 unspecified atom stereocenters. The lowest BCUT2D eigenvalue weighted by atomic mass is 10.2. The van der Waals surface area contributed by atoms with Crippen molar-refractivity contribution in [1.82, 2.24) is 0 Å². The smallest absolute Gasteiger partial charge is 0.379 e. The Bertz CT molecular complexity index is 1170. The third-order valence-corrected chi connectivity index (χ3v) is 4.21. The van der Waals surface area contributed by atoms with Crippen LogP contribution in [0.4, 0.5) is 0 Å². The number of benzene rings is 2. The predicted octanol–water partition coefficient (Wildman–Crippen LogP) is 4.96. The summed E-state index contributed by atoms with van der Waals surface area (Å²) in [5, 5.41) is 0.320. The van der Waals surface area contributed by atoms with Gasteiger partial charge in [0.05, 0.1) is 11.6 Å². The number of hydrogen-bond acceptors (Lipinski definition) is 6. The molecule has 0 spiro atoms. The van der Waals surface area contributed by atoms with Gasteiger partial charge in [0.2, 0.25) is 16.9 Å². The van der Waals surface area contributed by atoms with Crippen LogP contribution in [0.2, 0.25) is 0 Å². The van der Waals surface area contributed by atoms with Gasteiger partial charge >= 0.3 is 5.97 Å². The highest BCUT2D eigenvalue weighted by molar-refractivity contribution is 5.89. The van der Waals surface area contributed by atoms with Crippen LogP contribution in [0.1, 0.15) is 23.0 Å². The zero-order valence-electron chi connectivity index (χ0n) is 15.0. The molecule has 0 bridgehead atoms. The summed E-state index contributed by atoms with van der Waals surface area (Å²) in [5.41, 5.74) is 1.14. The van der Waals surface area contributed by atoms with Gasteiger partial charge in [-0.25, -0.2) is 4.79 Å². The molecule has 6 heteroatoms. The molecule has 0 amide bonds. The van der Waals surface area contributed by atoms with E-state index in [2.05, 4.69) is 6.92 Å². The second kappa shape index (κ2) is 7.44. The van der Waals surface area contributed by atoms with Crippen molar-refractivity contribution in [3.63, 3.8) is 0 Å². The summed E-state index contributed by atoms with van der Waals surface area (Å²) < 4.78 is 21.4. The first-order valence-corrected chi connectivity index (χ1v) is 8.72.